The molecule has 0 saturated heterocycles. The van der Waals surface area contributed by atoms with E-state index in [9.17, 15) is 0 Å². The van der Waals surface area contributed by atoms with Crippen LogP contribution in [0, 0.1) is 5.92 Å². The first-order valence-corrected chi connectivity index (χ1v) is 14.9. The maximum Gasteiger partial charge on any atom is -0.00136 e. The van der Waals surface area contributed by atoms with Crippen LogP contribution in [0.15, 0.2) is 146 Å². The van der Waals surface area contributed by atoms with E-state index in [0.717, 1.165) is 19.3 Å². The summed E-state index contributed by atoms with van der Waals surface area (Å²) in [7, 11) is 0. The van der Waals surface area contributed by atoms with E-state index in [1.165, 1.54) is 61.2 Å². The fourth-order valence-corrected chi connectivity index (χ4v) is 6.67. The zero-order valence-electron chi connectivity index (χ0n) is 24.2. The van der Waals surface area contributed by atoms with Crippen molar-refractivity contribution >= 4 is 5.57 Å². The van der Waals surface area contributed by atoms with Gasteiger partial charge < -0.3 is 0 Å². The van der Waals surface area contributed by atoms with Gasteiger partial charge in [-0.3, -0.25) is 0 Å². The predicted octanol–water partition coefficient (Wildman–Crippen LogP) is 10.9. The summed E-state index contributed by atoms with van der Waals surface area (Å²) in [5.74, 6) is 0.804. The molecule has 1 aliphatic rings. The van der Waals surface area contributed by atoms with E-state index >= 15 is 0 Å². The Kier molecular flexibility index (Phi) is 7.83. The Balaban J connectivity index is 1.39. The van der Waals surface area contributed by atoms with E-state index in [2.05, 4.69) is 154 Å². The van der Waals surface area contributed by atoms with Crippen molar-refractivity contribution in [3.8, 4) is 22.3 Å². The van der Waals surface area contributed by atoms with Crippen molar-refractivity contribution in [3.63, 3.8) is 0 Å². The highest BCUT2D eigenvalue weighted by molar-refractivity contribution is 5.79. The van der Waals surface area contributed by atoms with Gasteiger partial charge in [0.1, 0.15) is 0 Å². The van der Waals surface area contributed by atoms with Gasteiger partial charge in [0.05, 0.1) is 0 Å². The monoisotopic (exact) mass is 530 g/mol. The van der Waals surface area contributed by atoms with Crippen molar-refractivity contribution in [1.29, 1.82) is 0 Å². The maximum absolute atomic E-state index is 4.35. The smallest absolute Gasteiger partial charge is 0.00136 e. The summed E-state index contributed by atoms with van der Waals surface area (Å²) < 4.78 is 0. The van der Waals surface area contributed by atoms with Crippen LogP contribution in [0.1, 0.15) is 54.0 Å². The van der Waals surface area contributed by atoms with E-state index in [0.29, 0.717) is 11.8 Å². The van der Waals surface area contributed by atoms with Crippen molar-refractivity contribution in [2.24, 2.45) is 5.92 Å². The van der Waals surface area contributed by atoms with Crippen LogP contribution in [-0.4, -0.2) is 0 Å². The molecule has 202 valence electrons. The third kappa shape index (κ3) is 5.61. The molecule has 0 aliphatic heterocycles. The molecule has 41 heavy (non-hydrogen) atoms. The minimum Gasteiger partial charge on any atom is -0.0988 e. The minimum absolute atomic E-state index is 0.370. The number of allylic oxidation sites excluding steroid dienone is 3. The molecule has 2 unspecified atom stereocenters. The molecule has 0 amide bonds. The summed E-state index contributed by atoms with van der Waals surface area (Å²) in [6.07, 6.45) is 4.98. The Bertz CT molecular complexity index is 1680. The molecule has 1 aliphatic carbocycles. The lowest BCUT2D eigenvalue weighted by molar-refractivity contribution is 0.577. The summed E-state index contributed by atoms with van der Waals surface area (Å²) in [6, 6.07) is 46.7. The van der Waals surface area contributed by atoms with Crippen molar-refractivity contribution in [2.45, 2.75) is 39.0 Å². The average molecular weight is 531 g/mol. The van der Waals surface area contributed by atoms with Gasteiger partial charge in [-0.25, -0.2) is 0 Å². The normalized spacial score (nSPS) is 16.0. The van der Waals surface area contributed by atoms with Crippen molar-refractivity contribution in [1.82, 2.24) is 0 Å². The van der Waals surface area contributed by atoms with Gasteiger partial charge in [-0.2, -0.15) is 0 Å². The molecule has 5 aromatic carbocycles. The zero-order chi connectivity index (χ0) is 28.2. The van der Waals surface area contributed by atoms with Gasteiger partial charge in [0, 0.05) is 0 Å². The first kappa shape index (κ1) is 26.8. The van der Waals surface area contributed by atoms with E-state index in [1.807, 2.05) is 0 Å². The highest BCUT2D eigenvalue weighted by atomic mass is 14.3. The van der Waals surface area contributed by atoms with Crippen LogP contribution in [0.5, 0.6) is 0 Å². The Labute approximate surface area is 245 Å². The number of hydrogen-bond acceptors (Lipinski definition) is 0. The van der Waals surface area contributed by atoms with Crippen LogP contribution in [0.4, 0.5) is 0 Å². The molecule has 0 bridgehead atoms. The molecule has 6 rings (SSSR count). The van der Waals surface area contributed by atoms with Gasteiger partial charge in [-0.1, -0.05) is 154 Å². The molecule has 5 aromatic rings. The first-order valence-electron chi connectivity index (χ1n) is 14.9. The van der Waals surface area contributed by atoms with Crippen molar-refractivity contribution in [3.05, 3.63) is 173 Å². The summed E-state index contributed by atoms with van der Waals surface area (Å²) in [4.78, 5) is 0. The molecule has 0 fully saturated rings. The van der Waals surface area contributed by atoms with Gasteiger partial charge in [-0.15, -0.1) is 0 Å². The second-order valence-corrected chi connectivity index (χ2v) is 11.5. The fraction of sp³-hybridized carbons (Fsp3) is 0.171. The molecule has 0 saturated carbocycles. The Morgan fingerprint density at radius 1 is 0.537 bits per heavy atom. The van der Waals surface area contributed by atoms with E-state index in [4.69, 9.17) is 0 Å². The van der Waals surface area contributed by atoms with E-state index in [-0.39, 0.29) is 0 Å². The largest absolute Gasteiger partial charge is 0.0988 e. The molecule has 0 aromatic heterocycles. The number of fused-ring (bicyclic) bond motifs is 4. The lowest BCUT2D eigenvalue weighted by Gasteiger charge is -2.27. The van der Waals surface area contributed by atoms with Gasteiger partial charge in [0.25, 0.3) is 0 Å². The SMILES string of the molecule is C=C/C1=C(\C(C)CC(C)c2ccc(-c3ccccc3)cc2)c2ccccc2Cc2ccccc2-c2ccccc2C1. The van der Waals surface area contributed by atoms with Gasteiger partial charge in [-0.05, 0) is 92.3 Å². The summed E-state index contributed by atoms with van der Waals surface area (Å²) in [5.41, 5.74) is 14.9. The van der Waals surface area contributed by atoms with Crippen molar-refractivity contribution < 1.29 is 0 Å². The van der Waals surface area contributed by atoms with Gasteiger partial charge in [0.15, 0.2) is 0 Å². The zero-order valence-corrected chi connectivity index (χ0v) is 24.2. The predicted molar refractivity (Wildman–Crippen MR) is 176 cm³/mol. The number of hydrogen-bond donors (Lipinski definition) is 0. The van der Waals surface area contributed by atoms with Crippen LogP contribution < -0.4 is 0 Å². The molecular formula is C41H38. The highest BCUT2D eigenvalue weighted by Crippen LogP contribution is 2.40. The molecule has 0 nitrogen and oxygen atoms in total. The van der Waals surface area contributed by atoms with Crippen LogP contribution in [0.2, 0.25) is 0 Å². The number of rotatable bonds is 6. The summed E-state index contributed by atoms with van der Waals surface area (Å²) in [5, 5.41) is 0. The molecular weight excluding hydrogens is 492 g/mol. The molecule has 0 heterocycles. The maximum atomic E-state index is 4.35. The third-order valence-corrected chi connectivity index (χ3v) is 8.77. The first-order chi connectivity index (χ1) is 20.1. The standard InChI is InChI=1S/C41H38/c1-4-31-27-35-16-8-11-19-38(35)39-20-12-9-17-36(39)28-37-18-10-13-21-40(37)41(31)30(3)26-29(2)32-22-24-34(25-23-32)33-14-6-5-7-15-33/h4-25,29-30H,1,26-28H2,2-3H3/b41-31-. The lowest BCUT2D eigenvalue weighted by atomic mass is 9.77. The fourth-order valence-electron chi connectivity index (χ4n) is 6.67. The topological polar surface area (TPSA) is 0 Å². The molecule has 0 N–H and O–H groups in total. The van der Waals surface area contributed by atoms with Crippen LogP contribution in [0.3, 0.4) is 0 Å². The Morgan fingerprint density at radius 3 is 1.63 bits per heavy atom. The highest BCUT2D eigenvalue weighted by Gasteiger charge is 2.23. The summed E-state index contributed by atoms with van der Waals surface area (Å²) in [6.45, 7) is 9.14. The number of benzene rings is 5. The second kappa shape index (κ2) is 12.0. The lowest BCUT2D eigenvalue weighted by Crippen LogP contribution is -2.11. The second-order valence-electron chi connectivity index (χ2n) is 11.5. The average Bonchev–Trinajstić information content (AvgIpc) is 3.02. The summed E-state index contributed by atoms with van der Waals surface area (Å²) >= 11 is 0. The van der Waals surface area contributed by atoms with Crippen LogP contribution in [-0.2, 0) is 12.8 Å². The van der Waals surface area contributed by atoms with Crippen LogP contribution in [0.25, 0.3) is 27.8 Å². The molecule has 0 spiro atoms. The van der Waals surface area contributed by atoms with E-state index < -0.39 is 0 Å². The quantitative estimate of drug-likeness (QED) is 0.205. The van der Waals surface area contributed by atoms with Gasteiger partial charge in [0.2, 0.25) is 0 Å². The van der Waals surface area contributed by atoms with Crippen LogP contribution >= 0.6 is 0 Å². The Morgan fingerprint density at radius 2 is 1.02 bits per heavy atom. The molecule has 0 radical (unpaired) electrons. The Hall–Kier alpha value is -4.42. The third-order valence-electron chi connectivity index (χ3n) is 8.77. The molecule has 0 heteroatoms. The van der Waals surface area contributed by atoms with E-state index in [1.54, 1.807) is 0 Å². The molecule has 2 atom stereocenters. The minimum atomic E-state index is 0.370. The van der Waals surface area contributed by atoms with Crippen molar-refractivity contribution in [2.75, 3.05) is 0 Å². The van der Waals surface area contributed by atoms with Gasteiger partial charge >= 0.3 is 0 Å².